The van der Waals surface area contributed by atoms with Crippen molar-refractivity contribution in [2.45, 2.75) is 0 Å². The van der Waals surface area contributed by atoms with Crippen LogP contribution in [0.15, 0.2) is 27.9 Å². The average molecular weight is 559 g/mol. The van der Waals surface area contributed by atoms with E-state index in [1.807, 2.05) is 24.3 Å². The van der Waals surface area contributed by atoms with Gasteiger partial charge in [0.1, 0.15) is 0 Å². The molecule has 0 saturated heterocycles. The number of hydrogen-bond donors (Lipinski definition) is 1. The maximum absolute atomic E-state index is 11.2. The molecule has 0 aliphatic carbocycles. The summed E-state index contributed by atoms with van der Waals surface area (Å²) in [4.78, 5) is 11.2. The number of carbonyl (C=O) groups is 1. The normalized spacial score (nSPS) is 19.9. The molecule has 1 aromatic carbocycles. The molecule has 0 radical (unpaired) electrons. The molecule has 0 amide bonds. The monoisotopic (exact) mass is 560 g/mol. The van der Waals surface area contributed by atoms with E-state index in [1.165, 1.54) is 0 Å². The Kier molecular flexibility index (Phi) is 3.54. The Labute approximate surface area is 117 Å². The first kappa shape index (κ1) is 12.4. The van der Waals surface area contributed by atoms with E-state index in [1.54, 1.807) is 0 Å². The van der Waals surface area contributed by atoms with Crippen LogP contribution >= 0.6 is 48.1 Å². The van der Waals surface area contributed by atoms with Gasteiger partial charge in [0.05, 0.1) is 0 Å². The van der Waals surface area contributed by atoms with Gasteiger partial charge in [0, 0.05) is 0 Å². The quantitative estimate of drug-likeness (QED) is 0.425. The molecule has 2 rings (SSSR count). The fourth-order valence-corrected chi connectivity index (χ4v) is 21.0. The first-order valence-corrected chi connectivity index (χ1v) is 17.8. The molecule has 0 fully saturated rings. The number of hydrogen-bond acceptors (Lipinski definition) is 1. The summed E-state index contributed by atoms with van der Waals surface area (Å²) in [6, 6.07) is 7.84. The molecular weight excluding hydrogens is 554 g/mol. The van der Waals surface area contributed by atoms with Crippen molar-refractivity contribution in [1.29, 1.82) is 0 Å². The van der Waals surface area contributed by atoms with Crippen LogP contribution in [0, 0.1) is 0 Å². The minimum absolute atomic E-state index is 0.527. The van der Waals surface area contributed by atoms with Gasteiger partial charge in [0.2, 0.25) is 0 Å². The molecule has 1 heterocycles. The third kappa shape index (κ3) is 1.93. The Bertz CT molecular complexity index is 485. The van der Waals surface area contributed by atoms with Crippen molar-refractivity contribution in [1.82, 2.24) is 0 Å². The topological polar surface area (TPSA) is 37.3 Å². The second-order valence-electron chi connectivity index (χ2n) is 2.91. The molecule has 0 bridgehead atoms. The molecule has 15 heavy (non-hydrogen) atoms. The van der Waals surface area contributed by atoms with Crippen molar-refractivity contribution in [3.05, 3.63) is 33.4 Å². The van der Waals surface area contributed by atoms with Crippen molar-refractivity contribution in [3.63, 3.8) is 0 Å². The second-order valence-corrected chi connectivity index (χ2v) is 27.9. The van der Waals surface area contributed by atoms with Crippen LogP contribution in [0.5, 0.6) is 0 Å². The summed E-state index contributed by atoms with van der Waals surface area (Å²) in [6.07, 6.45) is 0. The Hall–Kier alpha value is 0.910. The predicted molar refractivity (Wildman–Crippen MR) is 78.3 cm³/mol. The fourth-order valence-electron chi connectivity index (χ4n) is 1.42. The number of benzene rings is 1. The third-order valence-electron chi connectivity index (χ3n) is 2.05. The van der Waals surface area contributed by atoms with Gasteiger partial charge < -0.3 is 0 Å². The van der Waals surface area contributed by atoms with Gasteiger partial charge in [0.15, 0.2) is 0 Å². The number of carboxylic acid groups (broad SMARTS) is 1. The van der Waals surface area contributed by atoms with Crippen molar-refractivity contribution < 1.29 is 9.90 Å². The number of halogens is 3. The summed E-state index contributed by atoms with van der Waals surface area (Å²) < 4.78 is 2.51. The van der Waals surface area contributed by atoms with Gasteiger partial charge in [-0.3, -0.25) is 0 Å². The van der Waals surface area contributed by atoms with Crippen LogP contribution in [-0.2, 0) is 4.79 Å². The standard InChI is InChI=1S/C9H5Br2IO2Te/c10-15(11)6-4-2-1-3-5(6)7(12)8(15)9(13)14/h1-4H,(H,13,14). The van der Waals surface area contributed by atoms with Crippen molar-refractivity contribution >= 4 is 75.0 Å². The Morgan fingerprint density at radius 2 is 1.93 bits per heavy atom. The Balaban J connectivity index is 2.74. The zero-order valence-electron chi connectivity index (χ0n) is 7.21. The summed E-state index contributed by atoms with van der Waals surface area (Å²) in [5.74, 6) is -0.828. The molecule has 0 unspecified atom stereocenters. The predicted octanol–water partition coefficient (Wildman–Crippen LogP) is 2.91. The first-order valence-electron chi connectivity index (χ1n) is 3.91. The molecule has 1 aliphatic rings. The third-order valence-corrected chi connectivity index (χ3v) is 18.5. The molecule has 0 aromatic heterocycles. The van der Waals surface area contributed by atoms with Crippen molar-refractivity contribution in [3.8, 4) is 0 Å². The molecule has 0 atom stereocenters. The number of fused-ring (bicyclic) bond motifs is 1. The molecule has 2 nitrogen and oxygen atoms in total. The summed E-state index contributed by atoms with van der Waals surface area (Å²) >= 11 is 6.45. The van der Waals surface area contributed by atoms with Crippen LogP contribution < -0.4 is 3.61 Å². The van der Waals surface area contributed by atoms with Crippen molar-refractivity contribution in [2.24, 2.45) is 0 Å². The fraction of sp³-hybridized carbons (Fsp3) is 0. The van der Waals surface area contributed by atoms with Gasteiger partial charge in [-0.15, -0.1) is 0 Å². The molecule has 6 heteroatoms. The summed E-state index contributed by atoms with van der Waals surface area (Å²) in [5, 5.41) is 9.22. The van der Waals surface area contributed by atoms with Crippen LogP contribution in [0.3, 0.4) is 0 Å². The molecule has 80 valence electrons. The Morgan fingerprint density at radius 3 is 2.47 bits per heavy atom. The van der Waals surface area contributed by atoms with Gasteiger partial charge in [0.25, 0.3) is 0 Å². The minimum atomic E-state index is -2.89. The SMILES string of the molecule is O=C(O)C1=C(I)c2ccccc2[Te]1(Br)Br. The summed E-state index contributed by atoms with van der Waals surface area (Å²) in [7, 11) is 0. The van der Waals surface area contributed by atoms with Crippen LogP contribution in [0.1, 0.15) is 5.56 Å². The molecule has 0 spiro atoms. The van der Waals surface area contributed by atoms with Crippen LogP contribution in [0.25, 0.3) is 3.58 Å². The number of rotatable bonds is 1. The Morgan fingerprint density at radius 1 is 1.33 bits per heavy atom. The van der Waals surface area contributed by atoms with Gasteiger partial charge in [-0.2, -0.15) is 0 Å². The molecular formula is C9H5Br2IO2Te. The van der Waals surface area contributed by atoms with Crippen molar-refractivity contribution in [2.75, 3.05) is 0 Å². The zero-order valence-corrected chi connectivity index (χ0v) is 14.9. The van der Waals surface area contributed by atoms with E-state index < -0.39 is 19.7 Å². The van der Waals surface area contributed by atoms with Gasteiger partial charge in [-0.05, 0) is 0 Å². The van der Waals surface area contributed by atoms with Crippen LogP contribution in [0.4, 0.5) is 0 Å². The maximum atomic E-state index is 11.2. The summed E-state index contributed by atoms with van der Waals surface area (Å²) in [6.45, 7) is 0. The van der Waals surface area contributed by atoms with Crippen LogP contribution in [0.2, 0.25) is 0 Å². The van der Waals surface area contributed by atoms with E-state index in [4.69, 9.17) is 0 Å². The molecule has 1 N–H and O–H groups in total. The van der Waals surface area contributed by atoms with E-state index in [0.29, 0.717) is 3.62 Å². The summed E-state index contributed by atoms with van der Waals surface area (Å²) in [5.41, 5.74) is 1.05. The average Bonchev–Trinajstić information content (AvgIpc) is 2.36. The second kappa shape index (κ2) is 4.30. The van der Waals surface area contributed by atoms with E-state index >= 15 is 0 Å². The molecule has 1 aliphatic heterocycles. The zero-order chi connectivity index (χ0) is 11.2. The van der Waals surface area contributed by atoms with E-state index in [9.17, 15) is 9.90 Å². The van der Waals surface area contributed by atoms with Crippen LogP contribution in [-0.4, -0.2) is 24.8 Å². The number of aliphatic carboxylic acids is 1. The number of carboxylic acids is 1. The van der Waals surface area contributed by atoms with Gasteiger partial charge in [-0.25, -0.2) is 0 Å². The van der Waals surface area contributed by atoms with E-state index in [2.05, 4.69) is 48.1 Å². The van der Waals surface area contributed by atoms with Gasteiger partial charge >= 0.3 is 118 Å². The van der Waals surface area contributed by atoms with Gasteiger partial charge in [-0.1, -0.05) is 0 Å². The molecule has 0 saturated carbocycles. The first-order chi connectivity index (χ1) is 6.96. The van der Waals surface area contributed by atoms with E-state index in [0.717, 1.165) is 12.8 Å². The molecule has 1 aromatic rings. The van der Waals surface area contributed by atoms with E-state index in [-0.39, 0.29) is 0 Å².